The fourth-order valence-electron chi connectivity index (χ4n) is 2.68. The lowest BCUT2D eigenvalue weighted by Gasteiger charge is -2.29. The molecule has 0 unspecified atom stereocenters. The molecule has 2 aromatic carbocycles. The van der Waals surface area contributed by atoms with Crippen molar-refractivity contribution in [3.8, 4) is 0 Å². The molecule has 3 rings (SSSR count). The van der Waals surface area contributed by atoms with Crippen molar-refractivity contribution >= 4 is 22.5 Å². The molecule has 2 amide bonds. The number of halogens is 4. The van der Waals surface area contributed by atoms with Crippen molar-refractivity contribution in [1.29, 1.82) is 0 Å². The lowest BCUT2D eigenvalue weighted by molar-refractivity contribution is -0.140. The van der Waals surface area contributed by atoms with Crippen molar-refractivity contribution < 1.29 is 22.4 Å². The number of carbonyl (C=O) groups is 1. The molecule has 0 bridgehead atoms. The first-order chi connectivity index (χ1) is 13.3. The maximum absolute atomic E-state index is 13.3. The zero-order valence-electron chi connectivity index (χ0n) is 14.6. The van der Waals surface area contributed by atoms with Crippen molar-refractivity contribution in [3.05, 3.63) is 82.6 Å². The van der Waals surface area contributed by atoms with E-state index < -0.39 is 29.8 Å². The van der Waals surface area contributed by atoms with E-state index in [4.69, 9.17) is 0 Å². The van der Waals surface area contributed by atoms with Crippen LogP contribution in [0.15, 0.2) is 60.0 Å². The SMILES string of the molecule is CN(C(=O)Nc1nc(C(F)(F)F)cs1)[C@@H](c1ccccc1)c1ccc(F)cc1. The molecule has 0 fully saturated rings. The van der Waals surface area contributed by atoms with Gasteiger partial charge in [-0.1, -0.05) is 42.5 Å². The molecule has 3 aromatic rings. The first kappa shape index (κ1) is 19.8. The van der Waals surface area contributed by atoms with Crippen molar-refractivity contribution in [1.82, 2.24) is 9.88 Å². The molecule has 0 radical (unpaired) electrons. The van der Waals surface area contributed by atoms with Gasteiger partial charge in [-0.15, -0.1) is 11.3 Å². The number of aromatic nitrogens is 1. The van der Waals surface area contributed by atoms with Crippen molar-refractivity contribution in [2.75, 3.05) is 12.4 Å². The number of benzene rings is 2. The van der Waals surface area contributed by atoms with Gasteiger partial charge in [0.1, 0.15) is 5.82 Å². The second kappa shape index (κ2) is 7.97. The van der Waals surface area contributed by atoms with Gasteiger partial charge in [-0.25, -0.2) is 14.2 Å². The zero-order valence-corrected chi connectivity index (χ0v) is 15.4. The van der Waals surface area contributed by atoms with E-state index in [1.54, 1.807) is 24.3 Å². The molecule has 146 valence electrons. The van der Waals surface area contributed by atoms with Gasteiger partial charge >= 0.3 is 12.2 Å². The molecule has 0 saturated heterocycles. The van der Waals surface area contributed by atoms with E-state index in [0.717, 1.165) is 10.9 Å². The van der Waals surface area contributed by atoms with Crippen molar-refractivity contribution in [2.24, 2.45) is 0 Å². The first-order valence-corrected chi connectivity index (χ1v) is 9.00. The summed E-state index contributed by atoms with van der Waals surface area (Å²) in [6, 6.07) is 13.5. The van der Waals surface area contributed by atoms with Crippen molar-refractivity contribution in [2.45, 2.75) is 12.2 Å². The Morgan fingerprint density at radius 1 is 1.07 bits per heavy atom. The molecule has 1 aromatic heterocycles. The van der Waals surface area contributed by atoms with Crippen LogP contribution in [0.4, 0.5) is 27.5 Å². The maximum atomic E-state index is 13.3. The summed E-state index contributed by atoms with van der Waals surface area (Å²) in [6.45, 7) is 0. The van der Waals surface area contributed by atoms with Gasteiger partial charge in [-0.2, -0.15) is 13.2 Å². The summed E-state index contributed by atoms with van der Waals surface area (Å²) in [5.41, 5.74) is 0.357. The quantitative estimate of drug-likeness (QED) is 0.574. The van der Waals surface area contributed by atoms with Gasteiger partial charge in [0, 0.05) is 12.4 Å². The Labute approximate surface area is 162 Å². The van der Waals surface area contributed by atoms with Gasteiger partial charge in [-0.05, 0) is 23.3 Å². The number of thiazole rings is 1. The largest absolute Gasteiger partial charge is 0.434 e. The van der Waals surface area contributed by atoms with Gasteiger partial charge < -0.3 is 4.90 Å². The minimum absolute atomic E-state index is 0.157. The number of hydrogen-bond acceptors (Lipinski definition) is 3. The third kappa shape index (κ3) is 4.48. The lowest BCUT2D eigenvalue weighted by atomic mass is 9.97. The highest BCUT2D eigenvalue weighted by Gasteiger charge is 2.34. The topological polar surface area (TPSA) is 45.2 Å². The van der Waals surface area contributed by atoms with Crippen LogP contribution in [0, 0.1) is 5.82 Å². The van der Waals surface area contributed by atoms with Gasteiger partial charge in [0.2, 0.25) is 0 Å². The highest BCUT2D eigenvalue weighted by molar-refractivity contribution is 7.13. The van der Waals surface area contributed by atoms with E-state index in [1.165, 1.54) is 24.1 Å². The number of amides is 2. The molecule has 1 N–H and O–H groups in total. The Kier molecular flexibility index (Phi) is 5.64. The number of rotatable bonds is 4. The Bertz CT molecular complexity index is 942. The molecular formula is C19H15F4N3OS. The normalized spacial score (nSPS) is 12.5. The summed E-state index contributed by atoms with van der Waals surface area (Å²) in [7, 11) is 1.51. The van der Waals surface area contributed by atoms with E-state index in [9.17, 15) is 22.4 Å². The molecule has 4 nitrogen and oxygen atoms in total. The predicted octanol–water partition coefficient (Wildman–Crippen LogP) is 5.55. The van der Waals surface area contributed by atoms with E-state index in [1.807, 2.05) is 18.2 Å². The van der Waals surface area contributed by atoms with Crippen LogP contribution in [0.2, 0.25) is 0 Å². The Morgan fingerprint density at radius 2 is 1.68 bits per heavy atom. The second-order valence-corrected chi connectivity index (χ2v) is 6.80. The number of anilines is 1. The zero-order chi connectivity index (χ0) is 20.3. The van der Waals surface area contributed by atoms with Crippen molar-refractivity contribution in [3.63, 3.8) is 0 Å². The Hall–Kier alpha value is -2.94. The van der Waals surface area contributed by atoms with Crippen LogP contribution in [0.1, 0.15) is 22.9 Å². The Balaban J connectivity index is 1.86. The fourth-order valence-corrected chi connectivity index (χ4v) is 3.39. The number of nitrogens with zero attached hydrogens (tertiary/aromatic N) is 2. The van der Waals surface area contributed by atoms with Crippen LogP contribution < -0.4 is 5.32 Å². The first-order valence-electron chi connectivity index (χ1n) is 8.12. The number of alkyl halides is 3. The van der Waals surface area contributed by atoms with Gasteiger partial charge in [-0.3, -0.25) is 5.32 Å². The van der Waals surface area contributed by atoms with Gasteiger partial charge in [0.15, 0.2) is 10.8 Å². The van der Waals surface area contributed by atoms with Gasteiger partial charge in [0.25, 0.3) is 0 Å². The number of hydrogen-bond donors (Lipinski definition) is 1. The van der Waals surface area contributed by atoms with Crippen LogP contribution in [-0.2, 0) is 6.18 Å². The molecule has 0 aliphatic carbocycles. The second-order valence-electron chi connectivity index (χ2n) is 5.94. The van der Waals surface area contributed by atoms with E-state index >= 15 is 0 Å². The summed E-state index contributed by atoms with van der Waals surface area (Å²) < 4.78 is 51.4. The highest BCUT2D eigenvalue weighted by atomic mass is 32.1. The van der Waals surface area contributed by atoms with E-state index in [2.05, 4.69) is 10.3 Å². The van der Waals surface area contributed by atoms with Crippen LogP contribution in [0.3, 0.4) is 0 Å². The van der Waals surface area contributed by atoms with E-state index in [0.29, 0.717) is 16.9 Å². The van der Waals surface area contributed by atoms with Crippen LogP contribution in [0.5, 0.6) is 0 Å². The van der Waals surface area contributed by atoms with Crippen LogP contribution >= 0.6 is 11.3 Å². The minimum Gasteiger partial charge on any atom is -0.316 e. The average molecular weight is 409 g/mol. The molecule has 9 heteroatoms. The lowest BCUT2D eigenvalue weighted by Crippen LogP contribution is -2.35. The minimum atomic E-state index is -4.58. The van der Waals surface area contributed by atoms with Gasteiger partial charge in [0.05, 0.1) is 6.04 Å². The maximum Gasteiger partial charge on any atom is 0.434 e. The summed E-state index contributed by atoms with van der Waals surface area (Å²) in [4.78, 5) is 17.4. The summed E-state index contributed by atoms with van der Waals surface area (Å²) in [6.07, 6.45) is -4.58. The summed E-state index contributed by atoms with van der Waals surface area (Å²) in [5, 5.41) is 3.07. The van der Waals surface area contributed by atoms with Crippen LogP contribution in [-0.4, -0.2) is 23.0 Å². The molecular weight excluding hydrogens is 394 g/mol. The number of urea groups is 1. The number of nitrogens with one attached hydrogen (secondary N) is 1. The monoisotopic (exact) mass is 409 g/mol. The Morgan fingerprint density at radius 3 is 2.25 bits per heavy atom. The molecule has 28 heavy (non-hydrogen) atoms. The fraction of sp³-hybridized carbons (Fsp3) is 0.158. The molecule has 1 atom stereocenters. The summed E-state index contributed by atoms with van der Waals surface area (Å²) in [5.74, 6) is -0.412. The molecule has 0 aliphatic heterocycles. The molecule has 0 saturated carbocycles. The third-order valence-corrected chi connectivity index (χ3v) is 4.77. The smallest absolute Gasteiger partial charge is 0.316 e. The van der Waals surface area contributed by atoms with Crippen LogP contribution in [0.25, 0.3) is 0 Å². The standard InChI is InChI=1S/C19H15F4N3OS/c1-26(18(27)25-17-24-15(11-28-17)19(21,22)23)16(12-5-3-2-4-6-12)13-7-9-14(20)10-8-13/h2-11,16H,1H3,(H,24,25,27)/t16-/m0/s1. The molecule has 0 aliphatic rings. The third-order valence-electron chi connectivity index (χ3n) is 4.02. The highest BCUT2D eigenvalue weighted by Crippen LogP contribution is 2.32. The molecule has 1 heterocycles. The number of carbonyl (C=O) groups excluding carboxylic acids is 1. The van der Waals surface area contributed by atoms with E-state index in [-0.39, 0.29) is 5.13 Å². The average Bonchev–Trinajstić information content (AvgIpc) is 3.13. The predicted molar refractivity (Wildman–Crippen MR) is 98.6 cm³/mol. The molecule has 0 spiro atoms. The summed E-state index contributed by atoms with van der Waals surface area (Å²) >= 11 is 0.688.